The van der Waals surface area contributed by atoms with Crippen LogP contribution < -0.4 is 45.5 Å². The second kappa shape index (κ2) is 32.9. The number of carbonyl (C=O) groups excluding carboxylic acids is 7. The van der Waals surface area contributed by atoms with Crippen LogP contribution in [0.1, 0.15) is 121 Å². The van der Waals surface area contributed by atoms with E-state index in [0.717, 1.165) is 12.8 Å². The van der Waals surface area contributed by atoms with E-state index in [0.29, 0.717) is 68.3 Å². The fourth-order valence-corrected chi connectivity index (χ4v) is 10.9. The van der Waals surface area contributed by atoms with E-state index in [-0.39, 0.29) is 107 Å². The zero-order valence-electron chi connectivity index (χ0n) is 55.4. The molecule has 4 atom stereocenters. The van der Waals surface area contributed by atoms with Crippen LogP contribution in [0.2, 0.25) is 36.3 Å². The summed E-state index contributed by atoms with van der Waals surface area (Å²) in [4.78, 5) is 97.0. The number of carbonyl (C=O) groups is 7. The molecule has 2 aliphatic heterocycles. The number of nitrogens with one attached hydrogen (secondary N) is 5. The average Bonchev–Trinajstić information content (AvgIpc) is 1.02. The second-order valence-corrected chi connectivity index (χ2v) is 35.4. The van der Waals surface area contributed by atoms with E-state index in [9.17, 15) is 33.6 Å². The highest BCUT2D eigenvalue weighted by Gasteiger charge is 2.43. The predicted molar refractivity (Wildman–Crippen MR) is 351 cm³/mol. The van der Waals surface area contributed by atoms with Gasteiger partial charge in [-0.3, -0.25) is 29.8 Å². The van der Waals surface area contributed by atoms with Gasteiger partial charge in [0.25, 0.3) is 11.8 Å². The van der Waals surface area contributed by atoms with Gasteiger partial charge in [0.1, 0.15) is 31.9 Å². The first-order valence-electron chi connectivity index (χ1n) is 30.7. The molecule has 7 amide bonds. The van der Waals surface area contributed by atoms with Crippen LogP contribution in [-0.4, -0.2) is 159 Å². The molecule has 5 N–H and O–H groups in total. The molecular formula is C65H97N7O16Si2. The van der Waals surface area contributed by atoms with Crippen molar-refractivity contribution in [2.75, 3.05) is 82.9 Å². The third-order valence-electron chi connectivity index (χ3n) is 16.8. The Morgan fingerprint density at radius 2 is 1.03 bits per heavy atom. The van der Waals surface area contributed by atoms with Gasteiger partial charge in [-0.15, -0.1) is 0 Å². The molecule has 3 aromatic rings. The van der Waals surface area contributed by atoms with E-state index in [1.54, 1.807) is 72.2 Å². The Morgan fingerprint density at radius 3 is 1.43 bits per heavy atom. The molecule has 0 radical (unpaired) electrons. The summed E-state index contributed by atoms with van der Waals surface area (Å²) in [5.41, 5.74) is 1.70. The molecule has 5 rings (SSSR count). The Bertz CT molecular complexity index is 3000. The van der Waals surface area contributed by atoms with Crippen molar-refractivity contribution in [3.63, 3.8) is 0 Å². The van der Waals surface area contributed by atoms with Gasteiger partial charge in [0, 0.05) is 30.9 Å². The summed E-state index contributed by atoms with van der Waals surface area (Å²) >= 11 is 0. The molecule has 0 spiro atoms. The summed E-state index contributed by atoms with van der Waals surface area (Å²) in [6.07, 6.45) is 3.76. The molecule has 2 saturated heterocycles. The maximum Gasteiger partial charge on any atom is 0.411 e. The molecular weight excluding hydrogens is 1190 g/mol. The molecule has 25 heteroatoms. The molecule has 0 aromatic heterocycles. The first-order chi connectivity index (χ1) is 42.3. The number of rotatable bonds is 32. The summed E-state index contributed by atoms with van der Waals surface area (Å²) in [6, 6.07) is 10.5. The lowest BCUT2D eigenvalue weighted by molar-refractivity contribution is -0.128. The number of amides is 7. The number of hydrogen-bond acceptors (Lipinski definition) is 16. The number of likely N-dealkylation sites (tertiary alicyclic amines) is 2. The minimum Gasteiger partial charge on any atom is -0.493 e. The first kappa shape index (κ1) is 73.1. The smallest absolute Gasteiger partial charge is 0.411 e. The highest BCUT2D eigenvalue weighted by Crippen LogP contribution is 2.41. The number of alkyl carbamates (subject to hydrolysis) is 1. The van der Waals surface area contributed by atoms with Crippen molar-refractivity contribution in [2.45, 2.75) is 161 Å². The summed E-state index contributed by atoms with van der Waals surface area (Å²) in [5.74, 6) is -0.857. The summed E-state index contributed by atoms with van der Waals surface area (Å²) in [6.45, 7) is 35.8. The largest absolute Gasteiger partial charge is 0.493 e. The van der Waals surface area contributed by atoms with Crippen LogP contribution in [0, 0.1) is 5.92 Å². The van der Waals surface area contributed by atoms with Crippen molar-refractivity contribution >= 4 is 75.6 Å². The average molecular weight is 1290 g/mol. The molecule has 0 bridgehead atoms. The van der Waals surface area contributed by atoms with Crippen LogP contribution in [0.5, 0.6) is 23.0 Å². The lowest BCUT2D eigenvalue weighted by atomic mass is 10.0. The van der Waals surface area contributed by atoms with Gasteiger partial charge in [-0.25, -0.2) is 14.4 Å². The van der Waals surface area contributed by atoms with E-state index in [4.69, 9.17) is 42.0 Å². The second-order valence-electron chi connectivity index (χ2n) is 25.8. The molecule has 2 fully saturated rings. The molecule has 0 unspecified atom stereocenters. The predicted octanol–water partition coefficient (Wildman–Crippen LogP) is 11.7. The molecule has 0 saturated carbocycles. The van der Waals surface area contributed by atoms with E-state index in [1.165, 1.54) is 33.3 Å². The quantitative estimate of drug-likeness (QED) is 0.0168. The van der Waals surface area contributed by atoms with Gasteiger partial charge in [0.05, 0.1) is 75.2 Å². The highest BCUT2D eigenvalue weighted by atomic mass is 28.4. The molecule has 2 heterocycles. The first-order valence-corrected chi connectivity index (χ1v) is 36.5. The van der Waals surface area contributed by atoms with Gasteiger partial charge in [-0.1, -0.05) is 92.8 Å². The van der Waals surface area contributed by atoms with Crippen molar-refractivity contribution in [1.82, 2.24) is 20.4 Å². The molecule has 90 heavy (non-hydrogen) atoms. The van der Waals surface area contributed by atoms with Crippen molar-refractivity contribution in [2.24, 2.45) is 5.92 Å². The number of unbranched alkanes of at least 4 members (excludes halogenated alkanes) is 2. The topological polar surface area (TPSA) is 269 Å². The van der Waals surface area contributed by atoms with Crippen LogP contribution in [0.4, 0.5) is 31.4 Å². The normalized spacial score (nSPS) is 15.6. The van der Waals surface area contributed by atoms with Gasteiger partial charge in [-0.2, -0.15) is 0 Å². The van der Waals surface area contributed by atoms with Gasteiger partial charge in [-0.05, 0) is 111 Å². The third-order valence-corrected chi connectivity index (χ3v) is 25.8. The number of benzene rings is 3. The summed E-state index contributed by atoms with van der Waals surface area (Å²) in [5, 5.41) is 13.4. The number of ether oxygens (including phenoxy) is 7. The monoisotopic (exact) mass is 1290 g/mol. The Morgan fingerprint density at radius 1 is 0.589 bits per heavy atom. The maximum atomic E-state index is 14.5. The van der Waals surface area contributed by atoms with Crippen LogP contribution in [0.25, 0.3) is 0 Å². The summed E-state index contributed by atoms with van der Waals surface area (Å²) in [7, 11) is -1.27. The standard InChI is InChI=1S/C65H97N7O16Si2/c1-18-31-84-61(77)68-50-37-54(52(80-12)35-48(50)59(75)71-29-27-46(71)40-87-89(14,15)64(6,7)8)82-33-21-20-22-34-83-55-38-51(49(36-53(55)81-13)60(76)72-30-28-47(72)41-88-90(16,17)65(9,10)11)69-62(78)86-39-44-23-25-45(26-24-44)67-57(73)43(5)66-58(74)56(42(3)4)70-63(79)85-32-19-2/h18-19,23-26,35-38,42-43,46-47,56H,1-2,20-22,27-34,39-41H2,3-17H3,(H,66,74)(H,67,73)(H,68,77)(H,69,78)(H,70,79)/t43-,46-,47-,56-/m0/s1. The maximum absolute atomic E-state index is 14.5. The Labute approximate surface area is 533 Å². The number of hydrogen-bond donors (Lipinski definition) is 5. The van der Waals surface area contributed by atoms with Crippen LogP contribution in [0.3, 0.4) is 0 Å². The van der Waals surface area contributed by atoms with Crippen molar-refractivity contribution in [1.29, 1.82) is 0 Å². The van der Waals surface area contributed by atoms with E-state index < -0.39 is 58.8 Å². The highest BCUT2D eigenvalue weighted by molar-refractivity contribution is 6.74. The van der Waals surface area contributed by atoms with Crippen LogP contribution in [0.15, 0.2) is 73.8 Å². The van der Waals surface area contributed by atoms with Gasteiger partial charge < -0.3 is 67.8 Å². The fourth-order valence-electron chi connectivity index (χ4n) is 8.80. The Balaban J connectivity index is 1.24. The van der Waals surface area contributed by atoms with E-state index in [1.807, 2.05) is 0 Å². The minimum atomic E-state index is -2.14. The third kappa shape index (κ3) is 20.5. The van der Waals surface area contributed by atoms with Crippen molar-refractivity contribution < 1.29 is 75.6 Å². The van der Waals surface area contributed by atoms with Crippen LogP contribution in [-0.2, 0) is 39.3 Å². The molecule has 2 aliphatic rings. The van der Waals surface area contributed by atoms with Crippen molar-refractivity contribution in [3.05, 3.63) is 90.5 Å². The number of methoxy groups -OCH3 is 2. The molecule has 23 nitrogen and oxygen atoms in total. The minimum absolute atomic E-state index is 0.00575. The SMILES string of the molecule is C=CCOC(=O)Nc1cc(OCCCCCOc2cc(NC(=O)OCc3ccc(NC(=O)[C@H](C)NC(=O)[C@@H](NC(=O)OCC=C)C(C)C)cc3)c(C(=O)N3CC[C@H]3CO[Si](C)(C)C(C)(C)C)cc2OC)c(OC)cc1C(=O)N1CC[C@H]1CO[Si](C)(C)C(C)(C)C. The molecule has 3 aromatic carbocycles. The number of nitrogens with zero attached hydrogens (tertiary/aromatic N) is 2. The van der Waals surface area contributed by atoms with Gasteiger partial charge in [0.2, 0.25) is 11.8 Å². The van der Waals surface area contributed by atoms with Crippen molar-refractivity contribution in [3.8, 4) is 23.0 Å². The molecule has 496 valence electrons. The lowest BCUT2D eigenvalue weighted by Crippen LogP contribution is -2.55. The number of anilines is 3. The molecule has 0 aliphatic carbocycles. The van der Waals surface area contributed by atoms with Gasteiger partial charge in [0.15, 0.2) is 39.6 Å². The zero-order chi connectivity index (χ0) is 66.7. The Kier molecular flexibility index (Phi) is 26.7. The zero-order valence-corrected chi connectivity index (χ0v) is 57.4. The summed E-state index contributed by atoms with van der Waals surface area (Å²) < 4.78 is 52.8. The lowest BCUT2D eigenvalue weighted by Gasteiger charge is -2.44. The van der Waals surface area contributed by atoms with Crippen LogP contribution >= 0.6 is 0 Å². The fraction of sp³-hybridized carbons (Fsp3) is 0.554. The Hall–Kier alpha value is -7.62. The van der Waals surface area contributed by atoms with E-state index >= 15 is 0 Å². The van der Waals surface area contributed by atoms with Gasteiger partial charge >= 0.3 is 18.3 Å². The van der Waals surface area contributed by atoms with E-state index in [2.05, 4.69) is 107 Å².